The lowest BCUT2D eigenvalue weighted by Gasteiger charge is -2.62. The maximum atomic E-state index is 12.5. The average Bonchev–Trinajstić information content (AvgIpc) is 2.52. The number of fused-ring (bicyclic) bond motifs is 1. The molecule has 5 heteroatoms. The smallest absolute Gasteiger partial charge is 0.410 e. The van der Waals surface area contributed by atoms with Gasteiger partial charge in [0.05, 0.1) is 5.92 Å². The minimum absolute atomic E-state index is 0.0411. The van der Waals surface area contributed by atoms with Crippen molar-refractivity contribution in [3.05, 3.63) is 35.9 Å². The first-order valence-electron chi connectivity index (χ1n) is 8.13. The molecule has 23 heavy (non-hydrogen) atoms. The molecule has 1 heterocycles. The number of ether oxygens (including phenoxy) is 1. The summed E-state index contributed by atoms with van der Waals surface area (Å²) in [5.74, 6) is -1.09. The molecule has 1 saturated carbocycles. The summed E-state index contributed by atoms with van der Waals surface area (Å²) in [5, 5.41) is 9.45. The number of amides is 1. The summed E-state index contributed by atoms with van der Waals surface area (Å²) in [6, 6.07) is 9.53. The van der Waals surface area contributed by atoms with E-state index in [4.69, 9.17) is 4.74 Å². The summed E-state index contributed by atoms with van der Waals surface area (Å²) in [7, 11) is 0. The Labute approximate surface area is 136 Å². The number of carbonyl (C=O) groups is 2. The van der Waals surface area contributed by atoms with Crippen molar-refractivity contribution in [3.63, 3.8) is 0 Å². The van der Waals surface area contributed by atoms with E-state index in [-0.39, 0.29) is 30.6 Å². The third kappa shape index (κ3) is 2.69. The van der Waals surface area contributed by atoms with Gasteiger partial charge in [0.1, 0.15) is 6.61 Å². The van der Waals surface area contributed by atoms with E-state index in [1.54, 1.807) is 4.90 Å². The summed E-state index contributed by atoms with van der Waals surface area (Å²) in [4.78, 5) is 25.7. The lowest BCUT2D eigenvalue weighted by molar-refractivity contribution is -0.182. The number of carbonyl (C=O) groups excluding carboxylic acids is 1. The van der Waals surface area contributed by atoms with Crippen molar-refractivity contribution >= 4 is 12.1 Å². The summed E-state index contributed by atoms with van der Waals surface area (Å²) in [6.07, 6.45) is 1.37. The number of aliphatic carboxylic acids is 1. The van der Waals surface area contributed by atoms with E-state index in [1.807, 2.05) is 44.2 Å². The number of hydrogen-bond donors (Lipinski definition) is 1. The number of piperidine rings is 1. The van der Waals surface area contributed by atoms with Crippen molar-refractivity contribution in [2.24, 2.45) is 17.3 Å². The van der Waals surface area contributed by atoms with Crippen molar-refractivity contribution in [1.82, 2.24) is 4.90 Å². The second-order valence-electron chi connectivity index (χ2n) is 7.12. The molecule has 1 amide bonds. The molecule has 0 aromatic heterocycles. The molecule has 1 aliphatic carbocycles. The van der Waals surface area contributed by atoms with Crippen LogP contribution in [0.5, 0.6) is 0 Å². The number of hydrogen-bond acceptors (Lipinski definition) is 3. The first kappa shape index (κ1) is 15.8. The molecule has 3 atom stereocenters. The molecule has 3 rings (SSSR count). The Morgan fingerprint density at radius 1 is 1.30 bits per heavy atom. The largest absolute Gasteiger partial charge is 0.481 e. The molecule has 1 aromatic rings. The maximum absolute atomic E-state index is 12.5. The molecule has 0 bridgehead atoms. The lowest BCUT2D eigenvalue weighted by atomic mass is 9.49. The summed E-state index contributed by atoms with van der Waals surface area (Å²) < 4.78 is 5.45. The van der Waals surface area contributed by atoms with Gasteiger partial charge < -0.3 is 14.7 Å². The van der Waals surface area contributed by atoms with Gasteiger partial charge in [-0.15, -0.1) is 0 Å². The zero-order valence-electron chi connectivity index (χ0n) is 13.6. The first-order chi connectivity index (χ1) is 10.9. The van der Waals surface area contributed by atoms with E-state index in [9.17, 15) is 14.7 Å². The van der Waals surface area contributed by atoms with Crippen LogP contribution < -0.4 is 0 Å². The fraction of sp³-hybridized carbons (Fsp3) is 0.556. The molecular weight excluding hydrogens is 294 g/mol. The zero-order chi connectivity index (χ0) is 16.6. The minimum Gasteiger partial charge on any atom is -0.481 e. The van der Waals surface area contributed by atoms with Gasteiger partial charge in [-0.2, -0.15) is 0 Å². The van der Waals surface area contributed by atoms with Crippen LogP contribution in [-0.2, 0) is 16.1 Å². The van der Waals surface area contributed by atoms with Gasteiger partial charge in [0, 0.05) is 12.6 Å². The molecule has 1 aliphatic heterocycles. The van der Waals surface area contributed by atoms with Gasteiger partial charge in [0.2, 0.25) is 0 Å². The van der Waals surface area contributed by atoms with Crippen molar-refractivity contribution in [3.8, 4) is 0 Å². The molecule has 3 unspecified atom stereocenters. The van der Waals surface area contributed by atoms with E-state index in [0.717, 1.165) is 18.4 Å². The molecule has 0 spiro atoms. The van der Waals surface area contributed by atoms with Crippen LogP contribution in [0.2, 0.25) is 0 Å². The van der Waals surface area contributed by atoms with Gasteiger partial charge in [0.25, 0.3) is 0 Å². The molecule has 2 aliphatic rings. The number of likely N-dealkylation sites (tertiary alicyclic amines) is 1. The molecule has 0 radical (unpaired) electrons. The Kier molecular flexibility index (Phi) is 4.04. The zero-order valence-corrected chi connectivity index (χ0v) is 13.6. The number of carboxylic acids is 1. The van der Waals surface area contributed by atoms with E-state index in [2.05, 4.69) is 0 Å². The van der Waals surface area contributed by atoms with Gasteiger partial charge in [-0.1, -0.05) is 44.2 Å². The third-order valence-electron chi connectivity index (χ3n) is 5.38. The van der Waals surface area contributed by atoms with Crippen molar-refractivity contribution in [1.29, 1.82) is 0 Å². The first-order valence-corrected chi connectivity index (χ1v) is 8.13. The number of benzene rings is 1. The summed E-state index contributed by atoms with van der Waals surface area (Å²) in [5.41, 5.74) is 0.536. The van der Waals surface area contributed by atoms with Gasteiger partial charge in [-0.05, 0) is 29.7 Å². The van der Waals surface area contributed by atoms with Crippen molar-refractivity contribution in [2.75, 3.05) is 6.54 Å². The quantitative estimate of drug-likeness (QED) is 0.930. The number of carboxylic acid groups (broad SMARTS) is 1. The normalized spacial score (nSPS) is 28.4. The minimum atomic E-state index is -0.754. The van der Waals surface area contributed by atoms with Crippen LogP contribution in [0.1, 0.15) is 32.3 Å². The highest BCUT2D eigenvalue weighted by atomic mass is 16.6. The highest BCUT2D eigenvalue weighted by Crippen LogP contribution is 2.57. The monoisotopic (exact) mass is 317 g/mol. The van der Waals surface area contributed by atoms with E-state index < -0.39 is 11.4 Å². The van der Waals surface area contributed by atoms with Crippen LogP contribution >= 0.6 is 0 Å². The van der Waals surface area contributed by atoms with E-state index >= 15 is 0 Å². The topological polar surface area (TPSA) is 66.8 Å². The van der Waals surface area contributed by atoms with Crippen molar-refractivity contribution < 1.29 is 19.4 Å². The van der Waals surface area contributed by atoms with Crippen LogP contribution in [-0.4, -0.2) is 34.7 Å². The van der Waals surface area contributed by atoms with Crippen LogP contribution in [0.25, 0.3) is 0 Å². The molecular formula is C18H23NO4. The Bertz CT molecular complexity index is 598. The number of rotatable bonds is 3. The molecule has 124 valence electrons. The highest BCUT2D eigenvalue weighted by Gasteiger charge is 2.63. The van der Waals surface area contributed by atoms with Gasteiger partial charge >= 0.3 is 12.1 Å². The fourth-order valence-electron chi connectivity index (χ4n) is 4.45. The second-order valence-corrected chi connectivity index (χ2v) is 7.12. The van der Waals surface area contributed by atoms with E-state index in [1.165, 1.54) is 0 Å². The second kappa shape index (κ2) is 5.87. The van der Waals surface area contributed by atoms with Crippen LogP contribution in [0, 0.1) is 17.3 Å². The lowest BCUT2D eigenvalue weighted by Crippen LogP contribution is -2.70. The van der Waals surface area contributed by atoms with Gasteiger partial charge in [-0.3, -0.25) is 4.79 Å². The van der Waals surface area contributed by atoms with Crippen LogP contribution in [0.4, 0.5) is 4.79 Å². The molecule has 1 N–H and O–H groups in total. The summed E-state index contributed by atoms with van der Waals surface area (Å²) >= 11 is 0. The van der Waals surface area contributed by atoms with Crippen LogP contribution in [0.3, 0.4) is 0 Å². The Morgan fingerprint density at radius 3 is 2.65 bits per heavy atom. The Morgan fingerprint density at radius 2 is 2.00 bits per heavy atom. The van der Waals surface area contributed by atoms with Gasteiger partial charge in [-0.25, -0.2) is 4.79 Å². The molecule has 5 nitrogen and oxygen atoms in total. The fourth-order valence-corrected chi connectivity index (χ4v) is 4.45. The van der Waals surface area contributed by atoms with Gasteiger partial charge in [0.15, 0.2) is 0 Å². The maximum Gasteiger partial charge on any atom is 0.410 e. The molecule has 2 fully saturated rings. The predicted octanol–water partition coefficient (Wildman–Crippen LogP) is 3.14. The SMILES string of the molecule is CC1(C)C(C(=O)O)C2CCCN(C(=O)OCc3ccccc3)C21. The Hall–Kier alpha value is -2.04. The summed E-state index contributed by atoms with van der Waals surface area (Å²) in [6.45, 7) is 4.77. The van der Waals surface area contributed by atoms with Crippen LogP contribution in [0.15, 0.2) is 30.3 Å². The standard InChI is InChI=1S/C18H23NO4/c1-18(2)14(16(20)21)13-9-6-10-19(15(13)18)17(22)23-11-12-7-4-3-5-8-12/h3-5,7-8,13-15H,6,9-11H2,1-2H3,(H,20,21). The van der Waals surface area contributed by atoms with E-state index in [0.29, 0.717) is 6.54 Å². The third-order valence-corrected chi connectivity index (χ3v) is 5.38. The highest BCUT2D eigenvalue weighted by molar-refractivity contribution is 5.75. The predicted molar refractivity (Wildman–Crippen MR) is 84.8 cm³/mol. The Balaban J connectivity index is 1.68. The molecule has 1 saturated heterocycles. The number of nitrogens with zero attached hydrogens (tertiary/aromatic N) is 1. The molecule has 1 aromatic carbocycles. The van der Waals surface area contributed by atoms with Crippen molar-refractivity contribution in [2.45, 2.75) is 39.3 Å². The average molecular weight is 317 g/mol.